The average molecular weight is 327 g/mol. The number of aromatic nitrogens is 1. The van der Waals surface area contributed by atoms with Crippen molar-refractivity contribution in [3.05, 3.63) is 15.5 Å². The fourth-order valence-electron chi connectivity index (χ4n) is 0.777. The monoisotopic (exact) mass is 326 g/mol. The second-order valence-corrected chi connectivity index (χ2v) is 5.51. The Morgan fingerprint density at radius 3 is 3.20 bits per heavy atom. The Balaban J connectivity index is 2.07. The Bertz CT molecular complexity index is 319. The zero-order valence-corrected chi connectivity index (χ0v) is 12.2. The molecule has 15 heavy (non-hydrogen) atoms. The first-order valence-electron chi connectivity index (χ1n) is 4.25. The summed E-state index contributed by atoms with van der Waals surface area (Å²) in [6, 6.07) is 0. The predicted octanol–water partition coefficient (Wildman–Crippen LogP) is 2.66. The van der Waals surface area contributed by atoms with Gasteiger partial charge in [0.25, 0.3) is 5.17 Å². The molecule has 0 aliphatic heterocycles. The van der Waals surface area contributed by atoms with Crippen LogP contribution in [-0.4, -0.2) is 29.0 Å². The van der Waals surface area contributed by atoms with Gasteiger partial charge in [-0.1, -0.05) is 0 Å². The van der Waals surface area contributed by atoms with Gasteiger partial charge in [-0.3, -0.25) is 0 Å². The molecule has 0 radical (unpaired) electrons. The topological polar surface area (TPSA) is 34.1 Å². The summed E-state index contributed by atoms with van der Waals surface area (Å²) in [6.45, 7) is 0.631. The van der Waals surface area contributed by atoms with Gasteiger partial charge in [-0.15, -0.1) is 0 Å². The van der Waals surface area contributed by atoms with Gasteiger partial charge in [0.1, 0.15) is 0 Å². The van der Waals surface area contributed by atoms with E-state index in [0.717, 1.165) is 21.7 Å². The van der Waals surface area contributed by atoms with Crippen molar-refractivity contribution in [1.82, 2.24) is 9.69 Å². The van der Waals surface area contributed by atoms with E-state index in [2.05, 4.69) is 25.6 Å². The van der Waals surface area contributed by atoms with E-state index in [4.69, 9.17) is 17.0 Å². The third-order valence-corrected chi connectivity index (χ3v) is 4.41. The third kappa shape index (κ3) is 5.14. The molecule has 7 heteroatoms. The maximum Gasteiger partial charge on any atom is 0.256 e. The van der Waals surface area contributed by atoms with Crippen LogP contribution < -0.4 is 5.32 Å². The maximum absolute atomic E-state index is 5.21. The molecule has 1 rings (SSSR count). The summed E-state index contributed by atoms with van der Waals surface area (Å²) in [5.41, 5.74) is 1.10. The van der Waals surface area contributed by atoms with Gasteiger partial charge in [0.15, 0.2) is 0 Å². The molecule has 1 N–H and O–H groups in total. The van der Waals surface area contributed by atoms with E-state index in [1.54, 1.807) is 18.8 Å². The smallest absolute Gasteiger partial charge is 0.256 e. The highest BCUT2D eigenvalue weighted by molar-refractivity contribution is 9.10. The normalized spacial score (nSPS) is 10.0. The molecule has 0 aromatic carbocycles. The van der Waals surface area contributed by atoms with Gasteiger partial charge in [0, 0.05) is 23.9 Å². The van der Waals surface area contributed by atoms with Crippen molar-refractivity contribution >= 4 is 56.6 Å². The predicted molar refractivity (Wildman–Crippen MR) is 73.6 cm³/mol. The zero-order chi connectivity index (χ0) is 11.1. The van der Waals surface area contributed by atoms with Gasteiger partial charge in [-0.05, 0) is 39.7 Å². The first-order valence-corrected chi connectivity index (χ1v) is 7.44. The number of halogens is 1. The highest BCUT2D eigenvalue weighted by Gasteiger charge is 2.02. The SMILES string of the molecule is CNC(=S)OCCSCc1nscc1Br. The third-order valence-electron chi connectivity index (χ3n) is 1.50. The Hall–Kier alpha value is 0.150. The number of ether oxygens (including phenoxy) is 1. The first kappa shape index (κ1) is 13.2. The van der Waals surface area contributed by atoms with Gasteiger partial charge in [0.05, 0.1) is 16.8 Å². The minimum Gasteiger partial charge on any atom is -0.470 e. The molecular formula is C8H11BrN2OS3. The van der Waals surface area contributed by atoms with Crippen LogP contribution in [0.2, 0.25) is 0 Å². The lowest BCUT2D eigenvalue weighted by Gasteiger charge is -2.05. The zero-order valence-electron chi connectivity index (χ0n) is 8.16. The van der Waals surface area contributed by atoms with Crippen LogP contribution in [0.25, 0.3) is 0 Å². The van der Waals surface area contributed by atoms with E-state index in [1.165, 1.54) is 11.5 Å². The van der Waals surface area contributed by atoms with E-state index in [-0.39, 0.29) is 0 Å². The lowest BCUT2D eigenvalue weighted by Crippen LogP contribution is -2.19. The second-order valence-electron chi connectivity index (χ2n) is 2.55. The molecule has 0 aliphatic rings. The molecule has 0 saturated heterocycles. The fraction of sp³-hybridized carbons (Fsp3) is 0.500. The minimum atomic E-state index is 0.449. The number of nitrogens with one attached hydrogen (secondary N) is 1. The lowest BCUT2D eigenvalue weighted by atomic mass is 10.5. The minimum absolute atomic E-state index is 0.449. The molecule has 0 unspecified atom stereocenters. The molecule has 1 aromatic rings. The van der Waals surface area contributed by atoms with Gasteiger partial charge in [-0.25, -0.2) is 0 Å². The summed E-state index contributed by atoms with van der Waals surface area (Å²) < 4.78 is 10.6. The van der Waals surface area contributed by atoms with E-state index in [1.807, 2.05) is 5.38 Å². The lowest BCUT2D eigenvalue weighted by molar-refractivity contribution is 0.327. The molecule has 84 valence electrons. The maximum atomic E-state index is 5.21. The van der Waals surface area contributed by atoms with Gasteiger partial charge >= 0.3 is 0 Å². The first-order chi connectivity index (χ1) is 7.24. The van der Waals surface area contributed by atoms with E-state index >= 15 is 0 Å². The molecule has 0 aliphatic carbocycles. The summed E-state index contributed by atoms with van der Waals surface area (Å²) >= 11 is 11.5. The Kier molecular flexibility index (Phi) is 6.54. The largest absolute Gasteiger partial charge is 0.470 e. The second kappa shape index (κ2) is 7.43. The van der Waals surface area contributed by atoms with Crippen molar-refractivity contribution < 1.29 is 4.74 Å². The number of nitrogens with zero attached hydrogens (tertiary/aromatic N) is 1. The Labute approximate surface area is 111 Å². The number of hydrogen-bond acceptors (Lipinski definition) is 5. The number of thioether (sulfide) groups is 1. The molecule has 0 bridgehead atoms. The fourth-order valence-corrected chi connectivity index (χ4v) is 3.06. The van der Waals surface area contributed by atoms with Crippen molar-refractivity contribution in [2.45, 2.75) is 5.75 Å². The van der Waals surface area contributed by atoms with Crippen molar-refractivity contribution in [2.24, 2.45) is 0 Å². The summed E-state index contributed by atoms with van der Waals surface area (Å²) in [4.78, 5) is 0. The summed E-state index contributed by atoms with van der Waals surface area (Å²) in [7, 11) is 1.75. The van der Waals surface area contributed by atoms with Crippen LogP contribution in [0.15, 0.2) is 9.85 Å². The molecule has 1 heterocycles. The van der Waals surface area contributed by atoms with Crippen LogP contribution in [0.3, 0.4) is 0 Å². The summed E-state index contributed by atoms with van der Waals surface area (Å²) in [6.07, 6.45) is 0. The molecule has 0 spiro atoms. The van der Waals surface area contributed by atoms with E-state index in [0.29, 0.717) is 11.8 Å². The number of hydrogen-bond donors (Lipinski definition) is 1. The molecule has 0 fully saturated rings. The Morgan fingerprint density at radius 2 is 2.60 bits per heavy atom. The van der Waals surface area contributed by atoms with E-state index < -0.39 is 0 Å². The molecule has 1 aromatic heterocycles. The summed E-state index contributed by atoms with van der Waals surface area (Å²) in [5.74, 6) is 1.81. The number of thiocarbonyl (C=S) groups is 1. The van der Waals surface area contributed by atoms with Crippen LogP contribution in [0.1, 0.15) is 5.69 Å². The van der Waals surface area contributed by atoms with Crippen LogP contribution in [0, 0.1) is 0 Å². The van der Waals surface area contributed by atoms with Crippen molar-refractivity contribution in [3.63, 3.8) is 0 Å². The summed E-state index contributed by atoms with van der Waals surface area (Å²) in [5, 5.41) is 5.20. The molecule has 0 amide bonds. The quantitative estimate of drug-likeness (QED) is 0.664. The standard InChI is InChI=1S/C8H11BrN2OS3/c1-10-8(13)12-2-3-14-5-7-6(9)4-15-11-7/h4H,2-3,5H2,1H3,(H,10,13). The highest BCUT2D eigenvalue weighted by Crippen LogP contribution is 2.22. The van der Waals surface area contributed by atoms with Crippen molar-refractivity contribution in [2.75, 3.05) is 19.4 Å². The molecular weight excluding hydrogens is 316 g/mol. The number of rotatable bonds is 5. The molecule has 3 nitrogen and oxygen atoms in total. The molecule has 0 atom stereocenters. The Morgan fingerprint density at radius 1 is 1.80 bits per heavy atom. The van der Waals surface area contributed by atoms with E-state index in [9.17, 15) is 0 Å². The van der Waals surface area contributed by atoms with Crippen molar-refractivity contribution in [1.29, 1.82) is 0 Å². The van der Waals surface area contributed by atoms with Crippen LogP contribution in [0.4, 0.5) is 0 Å². The van der Waals surface area contributed by atoms with Crippen LogP contribution in [0.5, 0.6) is 0 Å². The van der Waals surface area contributed by atoms with Gasteiger partial charge < -0.3 is 10.1 Å². The average Bonchev–Trinajstić information content (AvgIpc) is 2.63. The molecule has 0 saturated carbocycles. The van der Waals surface area contributed by atoms with Crippen LogP contribution in [-0.2, 0) is 10.5 Å². The van der Waals surface area contributed by atoms with Crippen molar-refractivity contribution in [3.8, 4) is 0 Å². The van der Waals surface area contributed by atoms with Gasteiger partial charge in [0.2, 0.25) is 0 Å². The van der Waals surface area contributed by atoms with Crippen LogP contribution >= 0.6 is 51.4 Å². The van der Waals surface area contributed by atoms with Gasteiger partial charge in [-0.2, -0.15) is 16.1 Å². The highest BCUT2D eigenvalue weighted by atomic mass is 79.9.